The Bertz CT molecular complexity index is 3210. The molecule has 0 unspecified atom stereocenters. The molecule has 0 radical (unpaired) electrons. The van der Waals surface area contributed by atoms with Gasteiger partial charge in [0.05, 0.1) is 22.5 Å². The van der Waals surface area contributed by atoms with Crippen molar-refractivity contribution in [2.75, 3.05) is 4.90 Å². The second-order valence-corrected chi connectivity index (χ2v) is 14.6. The van der Waals surface area contributed by atoms with Crippen molar-refractivity contribution in [1.29, 1.82) is 0 Å². The number of anilines is 3. The maximum absolute atomic E-state index is 7.02. The average Bonchev–Trinajstić information content (AvgIpc) is 3.67. The number of aromatic nitrogens is 2. The van der Waals surface area contributed by atoms with Gasteiger partial charge in [-0.1, -0.05) is 152 Å². The van der Waals surface area contributed by atoms with Gasteiger partial charge in [0.1, 0.15) is 11.2 Å². The van der Waals surface area contributed by atoms with E-state index in [0.717, 1.165) is 83.4 Å². The van der Waals surface area contributed by atoms with Gasteiger partial charge in [0, 0.05) is 33.5 Å². The fraction of sp³-hybridized carbons (Fsp3) is 0. The van der Waals surface area contributed by atoms with Gasteiger partial charge < -0.3 is 9.32 Å². The molecule has 4 nitrogen and oxygen atoms in total. The highest BCUT2D eigenvalue weighted by Crippen LogP contribution is 2.47. The monoisotopic (exact) mass is 741 g/mol. The van der Waals surface area contributed by atoms with Crippen LogP contribution in [-0.2, 0) is 0 Å². The molecule has 0 fully saturated rings. The van der Waals surface area contributed by atoms with E-state index >= 15 is 0 Å². The van der Waals surface area contributed by atoms with Crippen LogP contribution in [0.1, 0.15) is 0 Å². The summed E-state index contributed by atoms with van der Waals surface area (Å²) in [4.78, 5) is 12.7. The molecule has 0 atom stereocenters. The first kappa shape index (κ1) is 33.5. The van der Waals surface area contributed by atoms with E-state index in [1.807, 2.05) is 36.4 Å². The highest BCUT2D eigenvalue weighted by molar-refractivity contribution is 6.19. The quantitative estimate of drug-likeness (QED) is 0.163. The maximum atomic E-state index is 7.02. The summed E-state index contributed by atoms with van der Waals surface area (Å²) in [5, 5.41) is 6.80. The van der Waals surface area contributed by atoms with Crippen molar-refractivity contribution in [2.45, 2.75) is 0 Å². The Morgan fingerprint density at radius 3 is 1.67 bits per heavy atom. The van der Waals surface area contributed by atoms with E-state index in [9.17, 15) is 0 Å². The van der Waals surface area contributed by atoms with Crippen LogP contribution in [0.25, 0.3) is 88.5 Å². The summed E-state index contributed by atoms with van der Waals surface area (Å²) < 4.78 is 7.02. The first-order valence-electron chi connectivity index (χ1n) is 19.6. The number of benzene rings is 9. The molecule has 2 aromatic heterocycles. The zero-order valence-electron chi connectivity index (χ0n) is 31.5. The second-order valence-electron chi connectivity index (χ2n) is 14.6. The number of hydrogen-bond donors (Lipinski definition) is 0. The Morgan fingerprint density at radius 2 is 0.948 bits per heavy atom. The summed E-state index contributed by atoms with van der Waals surface area (Å²) in [6.45, 7) is 0. The van der Waals surface area contributed by atoms with Gasteiger partial charge >= 0.3 is 0 Å². The SMILES string of the molecule is c1ccc(-c2cc(-c3ccc(N(c4ccccc4)c4ccc(-c5ccc6ccccc6c5)cc4)c4c3oc3cc5ccccc5cc34)nc(-c3ccccc3)n2)cc1. The van der Waals surface area contributed by atoms with E-state index in [1.165, 1.54) is 16.3 Å². The number of nitrogens with zero attached hydrogens (tertiary/aromatic N) is 3. The molecule has 0 aliphatic carbocycles. The van der Waals surface area contributed by atoms with Gasteiger partial charge in [0.15, 0.2) is 5.82 Å². The Morgan fingerprint density at radius 1 is 0.379 bits per heavy atom. The van der Waals surface area contributed by atoms with E-state index in [1.54, 1.807) is 0 Å². The molecular formula is C54H35N3O. The molecule has 0 amide bonds. The molecule has 272 valence electrons. The minimum Gasteiger partial charge on any atom is -0.455 e. The van der Waals surface area contributed by atoms with Crippen LogP contribution in [0.5, 0.6) is 0 Å². The summed E-state index contributed by atoms with van der Waals surface area (Å²) >= 11 is 0. The molecule has 0 N–H and O–H groups in total. The topological polar surface area (TPSA) is 42.2 Å². The molecule has 11 aromatic rings. The van der Waals surface area contributed by atoms with Crippen LogP contribution in [0.3, 0.4) is 0 Å². The predicted octanol–water partition coefficient (Wildman–Crippen LogP) is 14.8. The van der Waals surface area contributed by atoms with Crippen molar-refractivity contribution in [3.63, 3.8) is 0 Å². The van der Waals surface area contributed by atoms with Crippen LogP contribution >= 0.6 is 0 Å². The average molecular weight is 742 g/mol. The summed E-state index contributed by atoms with van der Waals surface area (Å²) in [5.41, 5.74) is 11.6. The maximum Gasteiger partial charge on any atom is 0.160 e. The van der Waals surface area contributed by atoms with Gasteiger partial charge in [-0.25, -0.2) is 9.97 Å². The summed E-state index contributed by atoms with van der Waals surface area (Å²) in [7, 11) is 0. The number of para-hydroxylation sites is 1. The molecule has 0 spiro atoms. The lowest BCUT2D eigenvalue weighted by Crippen LogP contribution is -2.10. The van der Waals surface area contributed by atoms with Crippen molar-refractivity contribution in [1.82, 2.24) is 9.97 Å². The predicted molar refractivity (Wildman–Crippen MR) is 241 cm³/mol. The largest absolute Gasteiger partial charge is 0.455 e. The van der Waals surface area contributed by atoms with Crippen LogP contribution in [0.4, 0.5) is 17.1 Å². The summed E-state index contributed by atoms with van der Waals surface area (Å²) in [6, 6.07) is 74.5. The van der Waals surface area contributed by atoms with E-state index in [0.29, 0.717) is 5.82 Å². The van der Waals surface area contributed by atoms with Crippen LogP contribution in [0.15, 0.2) is 217 Å². The molecule has 0 saturated carbocycles. The van der Waals surface area contributed by atoms with Gasteiger partial charge in [0.2, 0.25) is 0 Å². The van der Waals surface area contributed by atoms with Gasteiger partial charge in [-0.05, 0) is 93.3 Å². The third kappa shape index (κ3) is 5.96. The van der Waals surface area contributed by atoms with E-state index in [4.69, 9.17) is 14.4 Å². The molecule has 11 rings (SSSR count). The van der Waals surface area contributed by atoms with Crippen molar-refractivity contribution in [2.24, 2.45) is 0 Å². The molecule has 2 heterocycles. The highest BCUT2D eigenvalue weighted by Gasteiger charge is 2.24. The zero-order valence-corrected chi connectivity index (χ0v) is 31.5. The Labute approximate surface area is 335 Å². The van der Waals surface area contributed by atoms with Crippen molar-refractivity contribution >= 4 is 60.5 Å². The molecule has 0 aliphatic heterocycles. The lowest BCUT2D eigenvalue weighted by atomic mass is 9.99. The Hall–Kier alpha value is -7.82. The Balaban J connectivity index is 1.14. The van der Waals surface area contributed by atoms with Crippen LogP contribution < -0.4 is 4.90 Å². The third-order valence-electron chi connectivity index (χ3n) is 11.0. The third-order valence-corrected chi connectivity index (χ3v) is 11.0. The molecule has 58 heavy (non-hydrogen) atoms. The first-order valence-corrected chi connectivity index (χ1v) is 19.6. The number of fused-ring (bicyclic) bond motifs is 5. The van der Waals surface area contributed by atoms with E-state index in [-0.39, 0.29) is 0 Å². The van der Waals surface area contributed by atoms with Crippen molar-refractivity contribution < 1.29 is 4.42 Å². The Kier molecular flexibility index (Phi) is 8.11. The normalized spacial score (nSPS) is 11.4. The van der Waals surface area contributed by atoms with Gasteiger partial charge in [-0.2, -0.15) is 0 Å². The summed E-state index contributed by atoms with van der Waals surface area (Å²) in [6.07, 6.45) is 0. The van der Waals surface area contributed by atoms with Gasteiger partial charge in [-0.3, -0.25) is 0 Å². The minimum absolute atomic E-state index is 0.661. The van der Waals surface area contributed by atoms with Crippen molar-refractivity contribution in [3.05, 3.63) is 212 Å². The second kappa shape index (κ2) is 14.0. The molecule has 9 aromatic carbocycles. The molecule has 4 heteroatoms. The zero-order chi connectivity index (χ0) is 38.4. The highest BCUT2D eigenvalue weighted by atomic mass is 16.3. The molecule has 0 saturated heterocycles. The number of rotatable bonds is 7. The van der Waals surface area contributed by atoms with Gasteiger partial charge in [0.25, 0.3) is 0 Å². The molecule has 0 bridgehead atoms. The molecule has 0 aliphatic rings. The van der Waals surface area contributed by atoms with Crippen LogP contribution in [0, 0.1) is 0 Å². The van der Waals surface area contributed by atoms with Crippen LogP contribution in [-0.4, -0.2) is 9.97 Å². The van der Waals surface area contributed by atoms with Gasteiger partial charge in [-0.15, -0.1) is 0 Å². The van der Waals surface area contributed by atoms with Crippen molar-refractivity contribution in [3.8, 4) is 45.0 Å². The minimum atomic E-state index is 0.661. The lowest BCUT2D eigenvalue weighted by Gasteiger charge is -2.27. The van der Waals surface area contributed by atoms with Crippen LogP contribution in [0.2, 0.25) is 0 Å². The smallest absolute Gasteiger partial charge is 0.160 e. The van der Waals surface area contributed by atoms with E-state index in [2.05, 4.69) is 181 Å². The fourth-order valence-electron chi connectivity index (χ4n) is 8.17. The first-order chi connectivity index (χ1) is 28.7. The number of furan rings is 1. The standard InChI is InChI=1S/C54H35N3O/c1-4-15-38(16-5-1)48-35-49(56-54(55-48)39-17-6-2-7-18-39)46-30-31-50(52-47-33-41-20-12-13-21-42(41)34-51(47)58-53(46)52)57(44-22-8-3-9-23-44)45-28-26-37(27-29-45)43-25-24-36-14-10-11-19-40(36)32-43/h1-35H. The number of hydrogen-bond acceptors (Lipinski definition) is 4. The molecular weight excluding hydrogens is 707 g/mol. The van der Waals surface area contributed by atoms with E-state index < -0.39 is 0 Å². The summed E-state index contributed by atoms with van der Waals surface area (Å²) in [5.74, 6) is 0.661. The fourth-order valence-corrected chi connectivity index (χ4v) is 8.17. The lowest BCUT2D eigenvalue weighted by molar-refractivity contribution is 0.670.